The lowest BCUT2D eigenvalue weighted by atomic mass is 9.66. The highest BCUT2D eigenvalue weighted by Gasteiger charge is 2.39. The van der Waals surface area contributed by atoms with Crippen molar-refractivity contribution in [2.45, 2.75) is 32.2 Å². The van der Waals surface area contributed by atoms with E-state index < -0.39 is 5.97 Å². The van der Waals surface area contributed by atoms with E-state index in [-0.39, 0.29) is 17.5 Å². The monoisotopic (exact) mass is 211 g/mol. The van der Waals surface area contributed by atoms with Crippen LogP contribution in [-0.4, -0.2) is 25.8 Å². The molecule has 0 atom stereocenters. The normalized spacial score (nSPS) is 18.4. The minimum absolute atomic E-state index is 0.130. The van der Waals surface area contributed by atoms with E-state index in [1.54, 1.807) is 0 Å². The average molecular weight is 211 g/mol. The van der Waals surface area contributed by atoms with Crippen molar-refractivity contribution in [2.75, 3.05) is 0 Å². The van der Waals surface area contributed by atoms with Crippen LogP contribution in [0.5, 0.6) is 0 Å². The third-order valence-corrected chi connectivity index (χ3v) is 3.06. The number of H-pyrrole nitrogens is 1. The Morgan fingerprint density at radius 2 is 2.40 bits per heavy atom. The number of carboxylic acids is 1. The van der Waals surface area contributed by atoms with Gasteiger partial charge >= 0.3 is 11.7 Å². The Bertz CT molecular complexity index is 416. The Morgan fingerprint density at radius 1 is 1.67 bits per heavy atom. The lowest BCUT2D eigenvalue weighted by Gasteiger charge is -2.40. The van der Waals surface area contributed by atoms with Crippen molar-refractivity contribution in [1.82, 2.24) is 14.8 Å². The molecule has 0 radical (unpaired) electrons. The maximum Gasteiger partial charge on any atom is 0.343 e. The van der Waals surface area contributed by atoms with Crippen molar-refractivity contribution < 1.29 is 9.90 Å². The number of nitrogens with zero attached hydrogens (tertiary/aromatic N) is 2. The quantitative estimate of drug-likeness (QED) is 0.745. The molecule has 1 heterocycles. The van der Waals surface area contributed by atoms with Crippen LogP contribution in [0.15, 0.2) is 11.1 Å². The third-order valence-electron chi connectivity index (χ3n) is 3.06. The van der Waals surface area contributed by atoms with Gasteiger partial charge < -0.3 is 5.11 Å². The summed E-state index contributed by atoms with van der Waals surface area (Å²) in [6.45, 7) is 0.453. The second-order valence-electron chi connectivity index (χ2n) is 4.21. The molecule has 0 spiro atoms. The van der Waals surface area contributed by atoms with E-state index in [1.165, 1.54) is 10.9 Å². The van der Waals surface area contributed by atoms with Gasteiger partial charge in [-0.2, -0.15) is 5.10 Å². The number of carboxylic acid groups (broad SMARTS) is 1. The van der Waals surface area contributed by atoms with E-state index in [4.69, 9.17) is 5.11 Å². The highest BCUT2D eigenvalue weighted by molar-refractivity contribution is 5.67. The van der Waals surface area contributed by atoms with E-state index >= 15 is 0 Å². The maximum absolute atomic E-state index is 11.2. The van der Waals surface area contributed by atoms with E-state index in [1.807, 2.05) is 0 Å². The molecule has 6 heteroatoms. The fourth-order valence-corrected chi connectivity index (χ4v) is 2.13. The van der Waals surface area contributed by atoms with Gasteiger partial charge in [0.15, 0.2) is 0 Å². The minimum atomic E-state index is -0.800. The summed E-state index contributed by atoms with van der Waals surface area (Å²) in [7, 11) is 0. The summed E-state index contributed by atoms with van der Waals surface area (Å²) in [6.07, 6.45) is 4.34. The van der Waals surface area contributed by atoms with Gasteiger partial charge in [-0.3, -0.25) is 9.36 Å². The van der Waals surface area contributed by atoms with Gasteiger partial charge in [-0.1, -0.05) is 6.42 Å². The molecule has 1 fully saturated rings. The number of hydrogen-bond donors (Lipinski definition) is 2. The topological polar surface area (TPSA) is 88.0 Å². The number of aromatic amines is 1. The van der Waals surface area contributed by atoms with E-state index in [2.05, 4.69) is 10.2 Å². The zero-order valence-corrected chi connectivity index (χ0v) is 8.27. The molecule has 82 valence electrons. The molecule has 15 heavy (non-hydrogen) atoms. The Balaban J connectivity index is 2.12. The molecular weight excluding hydrogens is 198 g/mol. The van der Waals surface area contributed by atoms with Crippen LogP contribution < -0.4 is 5.69 Å². The second-order valence-corrected chi connectivity index (χ2v) is 4.21. The first-order chi connectivity index (χ1) is 7.11. The Kier molecular flexibility index (Phi) is 2.34. The molecule has 2 rings (SSSR count). The van der Waals surface area contributed by atoms with Crippen molar-refractivity contribution >= 4 is 5.97 Å². The Hall–Kier alpha value is -1.59. The molecule has 0 bridgehead atoms. The lowest BCUT2D eigenvalue weighted by molar-refractivity contribution is -0.141. The van der Waals surface area contributed by atoms with Crippen molar-refractivity contribution in [3.05, 3.63) is 16.8 Å². The van der Waals surface area contributed by atoms with Crippen molar-refractivity contribution in [2.24, 2.45) is 5.41 Å². The first-order valence-corrected chi connectivity index (χ1v) is 4.93. The molecule has 1 aromatic rings. The Morgan fingerprint density at radius 3 is 2.80 bits per heavy atom. The number of rotatable bonds is 4. The van der Waals surface area contributed by atoms with Crippen LogP contribution in [0.4, 0.5) is 0 Å². The van der Waals surface area contributed by atoms with E-state index in [0.717, 1.165) is 19.3 Å². The fraction of sp³-hybridized carbons (Fsp3) is 0.667. The number of hydrogen-bond acceptors (Lipinski definition) is 3. The summed E-state index contributed by atoms with van der Waals surface area (Å²) in [5.74, 6) is -0.800. The molecule has 0 saturated heterocycles. The lowest BCUT2D eigenvalue weighted by Crippen LogP contribution is -2.38. The van der Waals surface area contributed by atoms with Gasteiger partial charge in [0.25, 0.3) is 0 Å². The molecule has 1 aliphatic carbocycles. The molecule has 0 unspecified atom stereocenters. The molecule has 1 saturated carbocycles. The summed E-state index contributed by atoms with van der Waals surface area (Å²) in [5.41, 5.74) is -0.508. The Labute approximate surface area is 85.9 Å². The van der Waals surface area contributed by atoms with Gasteiger partial charge in [0.05, 0.1) is 6.42 Å². The van der Waals surface area contributed by atoms with Gasteiger partial charge in [-0.05, 0) is 18.3 Å². The zero-order chi connectivity index (χ0) is 10.9. The van der Waals surface area contributed by atoms with Crippen LogP contribution in [0.2, 0.25) is 0 Å². The SMILES string of the molecule is O=C(O)CC1(Cn2cn[nH]c2=O)CCC1. The summed E-state index contributed by atoms with van der Waals surface area (Å²) in [5, 5.41) is 14.7. The van der Waals surface area contributed by atoms with Gasteiger partial charge in [-0.25, -0.2) is 9.89 Å². The number of carbonyl (C=O) groups is 1. The number of aromatic nitrogens is 3. The molecule has 2 N–H and O–H groups in total. The van der Waals surface area contributed by atoms with Gasteiger partial charge in [0.2, 0.25) is 0 Å². The van der Waals surface area contributed by atoms with Crippen LogP contribution in [-0.2, 0) is 11.3 Å². The molecule has 6 nitrogen and oxygen atoms in total. The molecule has 0 amide bonds. The average Bonchev–Trinajstić information content (AvgIpc) is 2.47. The molecule has 1 aliphatic rings. The predicted molar refractivity (Wildman–Crippen MR) is 51.4 cm³/mol. The fourth-order valence-electron chi connectivity index (χ4n) is 2.13. The van der Waals surface area contributed by atoms with Crippen LogP contribution in [0.3, 0.4) is 0 Å². The maximum atomic E-state index is 11.2. The standard InChI is InChI=1S/C9H13N3O3/c13-7(14)4-9(2-1-3-9)5-12-6-10-11-8(12)15/h6H,1-5H2,(H,11,15)(H,13,14). The van der Waals surface area contributed by atoms with Crippen LogP contribution in [0, 0.1) is 5.41 Å². The number of aliphatic carboxylic acids is 1. The summed E-state index contributed by atoms with van der Waals surface area (Å²) >= 11 is 0. The van der Waals surface area contributed by atoms with Gasteiger partial charge in [-0.15, -0.1) is 0 Å². The first-order valence-electron chi connectivity index (χ1n) is 4.93. The molecule has 1 aromatic heterocycles. The van der Waals surface area contributed by atoms with Crippen LogP contribution in [0.1, 0.15) is 25.7 Å². The van der Waals surface area contributed by atoms with E-state index in [0.29, 0.717) is 6.54 Å². The zero-order valence-electron chi connectivity index (χ0n) is 8.27. The highest BCUT2D eigenvalue weighted by Crippen LogP contribution is 2.45. The van der Waals surface area contributed by atoms with Crippen molar-refractivity contribution in [3.8, 4) is 0 Å². The van der Waals surface area contributed by atoms with Crippen molar-refractivity contribution in [3.63, 3.8) is 0 Å². The summed E-state index contributed by atoms with van der Waals surface area (Å²) in [6, 6.07) is 0. The van der Waals surface area contributed by atoms with Gasteiger partial charge in [0.1, 0.15) is 6.33 Å². The van der Waals surface area contributed by atoms with Gasteiger partial charge in [0, 0.05) is 6.54 Å². The van der Waals surface area contributed by atoms with E-state index in [9.17, 15) is 9.59 Å². The summed E-state index contributed by atoms with van der Waals surface area (Å²) < 4.78 is 1.45. The third kappa shape index (κ3) is 1.93. The molecular formula is C9H13N3O3. The smallest absolute Gasteiger partial charge is 0.343 e. The van der Waals surface area contributed by atoms with Crippen LogP contribution >= 0.6 is 0 Å². The van der Waals surface area contributed by atoms with Crippen LogP contribution in [0.25, 0.3) is 0 Å². The second kappa shape index (κ2) is 3.52. The summed E-state index contributed by atoms with van der Waals surface area (Å²) in [4.78, 5) is 21.9. The minimum Gasteiger partial charge on any atom is -0.481 e. The predicted octanol–water partition coefficient (Wildman–Crippen LogP) is 0.216. The molecule has 0 aliphatic heterocycles. The first kappa shape index (κ1) is 9.95. The molecule has 0 aromatic carbocycles. The highest BCUT2D eigenvalue weighted by atomic mass is 16.4. The van der Waals surface area contributed by atoms with Crippen molar-refractivity contribution in [1.29, 1.82) is 0 Å². The number of nitrogens with one attached hydrogen (secondary N) is 1. The largest absolute Gasteiger partial charge is 0.481 e.